The zero-order valence-electron chi connectivity index (χ0n) is 9.20. The molecule has 9 heteroatoms. The Morgan fingerprint density at radius 1 is 1.24 bits per heavy atom. The summed E-state index contributed by atoms with van der Waals surface area (Å²) < 4.78 is 5.15. The highest BCUT2D eigenvalue weighted by molar-refractivity contribution is 7.80. The summed E-state index contributed by atoms with van der Waals surface area (Å²) in [5, 5.41) is 40.5. The van der Waals surface area contributed by atoms with Crippen LogP contribution in [0.15, 0.2) is 0 Å². The van der Waals surface area contributed by atoms with E-state index < -0.39 is 37.3 Å². The van der Waals surface area contributed by atoms with Gasteiger partial charge in [-0.05, 0) is 12.2 Å². The number of aliphatic hydroxyl groups excluding tert-OH is 4. The maximum absolute atomic E-state index is 9.62. The van der Waals surface area contributed by atoms with Crippen LogP contribution >= 0.6 is 12.2 Å². The molecule has 17 heavy (non-hydrogen) atoms. The number of ether oxygens (including phenoxy) is 1. The van der Waals surface area contributed by atoms with Crippen LogP contribution in [-0.2, 0) is 4.74 Å². The lowest BCUT2D eigenvalue weighted by atomic mass is 9.99. The second kappa shape index (κ2) is 6.40. The quantitative estimate of drug-likeness (QED) is 0.205. The molecule has 1 aliphatic rings. The van der Waals surface area contributed by atoms with Crippen LogP contribution < -0.4 is 16.2 Å². The molecule has 0 aromatic rings. The van der Waals surface area contributed by atoms with Gasteiger partial charge in [-0.25, -0.2) is 5.43 Å². The Morgan fingerprint density at radius 2 is 1.88 bits per heavy atom. The monoisotopic (exact) mass is 267 g/mol. The van der Waals surface area contributed by atoms with Crippen LogP contribution in [0.4, 0.5) is 0 Å². The Hall–Kier alpha value is -0.550. The largest absolute Gasteiger partial charge is 0.394 e. The van der Waals surface area contributed by atoms with Gasteiger partial charge in [-0.15, -0.1) is 0 Å². The fraction of sp³-hybridized carbons (Fsp3) is 0.875. The number of rotatable bonds is 3. The molecule has 1 saturated heterocycles. The van der Waals surface area contributed by atoms with Gasteiger partial charge in [0.05, 0.1) is 6.61 Å². The van der Waals surface area contributed by atoms with Crippen LogP contribution in [0.5, 0.6) is 0 Å². The predicted octanol–water partition coefficient (Wildman–Crippen LogP) is -3.62. The van der Waals surface area contributed by atoms with Gasteiger partial charge in [0.1, 0.15) is 24.4 Å². The minimum atomic E-state index is -1.41. The Kier molecular flexibility index (Phi) is 5.46. The van der Waals surface area contributed by atoms with Crippen LogP contribution in [-0.4, -0.2) is 69.8 Å². The number of hydrazine groups is 1. The molecule has 0 spiro atoms. The highest BCUT2D eigenvalue weighted by atomic mass is 32.1. The second-order valence-corrected chi connectivity index (χ2v) is 4.01. The van der Waals surface area contributed by atoms with E-state index in [-0.39, 0.29) is 5.11 Å². The summed E-state index contributed by atoms with van der Waals surface area (Å²) in [6.07, 6.45) is -6.08. The lowest BCUT2D eigenvalue weighted by Crippen LogP contribution is -2.65. The Morgan fingerprint density at radius 3 is 2.41 bits per heavy atom. The lowest BCUT2D eigenvalue weighted by molar-refractivity contribution is -0.238. The van der Waals surface area contributed by atoms with E-state index in [0.717, 1.165) is 0 Å². The molecule has 0 unspecified atom stereocenters. The van der Waals surface area contributed by atoms with Crippen molar-refractivity contribution in [2.45, 2.75) is 30.6 Å². The van der Waals surface area contributed by atoms with Crippen LogP contribution in [0.25, 0.3) is 0 Å². The highest BCUT2D eigenvalue weighted by Gasteiger charge is 2.43. The van der Waals surface area contributed by atoms with Gasteiger partial charge in [0.25, 0.3) is 0 Å². The van der Waals surface area contributed by atoms with Crippen molar-refractivity contribution in [2.75, 3.05) is 13.7 Å². The van der Waals surface area contributed by atoms with Crippen LogP contribution in [0, 0.1) is 0 Å². The van der Waals surface area contributed by atoms with Gasteiger partial charge < -0.3 is 30.5 Å². The van der Waals surface area contributed by atoms with Crippen molar-refractivity contribution in [2.24, 2.45) is 0 Å². The van der Waals surface area contributed by atoms with E-state index in [4.69, 9.17) is 22.1 Å². The van der Waals surface area contributed by atoms with Crippen molar-refractivity contribution in [1.29, 1.82) is 0 Å². The van der Waals surface area contributed by atoms with Gasteiger partial charge in [0, 0.05) is 7.05 Å². The first-order valence-corrected chi connectivity index (χ1v) is 5.45. The van der Waals surface area contributed by atoms with E-state index in [9.17, 15) is 15.3 Å². The summed E-state index contributed by atoms with van der Waals surface area (Å²) in [6.45, 7) is -0.473. The fourth-order valence-electron chi connectivity index (χ4n) is 1.42. The highest BCUT2D eigenvalue weighted by Crippen LogP contribution is 2.19. The summed E-state index contributed by atoms with van der Waals surface area (Å²) >= 11 is 4.79. The first-order chi connectivity index (χ1) is 8.01. The first-order valence-electron chi connectivity index (χ1n) is 5.05. The normalized spacial score (nSPS) is 37.6. The molecule has 0 saturated carbocycles. The minimum Gasteiger partial charge on any atom is -0.394 e. The third-order valence-corrected chi connectivity index (χ3v) is 2.75. The smallest absolute Gasteiger partial charge is 0.180 e. The van der Waals surface area contributed by atoms with Gasteiger partial charge in [-0.3, -0.25) is 5.43 Å². The third-order valence-electron chi connectivity index (χ3n) is 2.45. The molecule has 0 bridgehead atoms. The average Bonchev–Trinajstić information content (AvgIpc) is 2.34. The summed E-state index contributed by atoms with van der Waals surface area (Å²) in [4.78, 5) is 0. The van der Waals surface area contributed by atoms with Crippen molar-refractivity contribution < 1.29 is 25.2 Å². The topological polar surface area (TPSA) is 126 Å². The Bertz CT molecular complexity index is 268. The molecule has 0 aromatic carbocycles. The van der Waals surface area contributed by atoms with Gasteiger partial charge >= 0.3 is 0 Å². The van der Waals surface area contributed by atoms with Crippen LogP contribution in [0.2, 0.25) is 0 Å². The molecule has 0 aromatic heterocycles. The molecule has 8 nitrogen and oxygen atoms in total. The van der Waals surface area contributed by atoms with Crippen molar-refractivity contribution in [3.05, 3.63) is 0 Å². The predicted molar refractivity (Wildman–Crippen MR) is 61.7 cm³/mol. The molecular formula is C8H17N3O5S. The second-order valence-electron chi connectivity index (χ2n) is 3.60. The van der Waals surface area contributed by atoms with Crippen molar-refractivity contribution in [3.63, 3.8) is 0 Å². The van der Waals surface area contributed by atoms with E-state index in [1.54, 1.807) is 7.05 Å². The first kappa shape index (κ1) is 14.5. The van der Waals surface area contributed by atoms with E-state index in [2.05, 4.69) is 16.2 Å². The number of thiocarbonyl (C=S) groups is 1. The van der Waals surface area contributed by atoms with Gasteiger partial charge in [0.2, 0.25) is 0 Å². The molecule has 1 fully saturated rings. The van der Waals surface area contributed by atoms with Gasteiger partial charge in [-0.1, -0.05) is 0 Å². The molecule has 1 aliphatic heterocycles. The third kappa shape index (κ3) is 3.45. The maximum atomic E-state index is 9.62. The zero-order valence-corrected chi connectivity index (χ0v) is 10.0. The molecule has 7 N–H and O–H groups in total. The number of hydrogen-bond donors (Lipinski definition) is 7. The summed E-state index contributed by atoms with van der Waals surface area (Å²) in [6, 6.07) is 0. The molecule has 1 rings (SSSR count). The molecule has 100 valence electrons. The molecule has 0 radical (unpaired) electrons. The average molecular weight is 267 g/mol. The van der Waals surface area contributed by atoms with Crippen molar-refractivity contribution in [3.8, 4) is 0 Å². The lowest BCUT2D eigenvalue weighted by Gasteiger charge is -2.40. The molecule has 1 heterocycles. The fourth-order valence-corrected chi connectivity index (χ4v) is 1.48. The van der Waals surface area contributed by atoms with E-state index >= 15 is 0 Å². The van der Waals surface area contributed by atoms with Gasteiger partial charge in [-0.2, -0.15) is 0 Å². The van der Waals surface area contributed by atoms with Crippen molar-refractivity contribution >= 4 is 17.3 Å². The number of aliphatic hydroxyl groups is 4. The number of hydrogen-bond acceptors (Lipinski definition) is 7. The van der Waals surface area contributed by atoms with E-state index in [1.165, 1.54) is 0 Å². The SMILES string of the molecule is CNC(=S)NN[C@@H]1O[C@@H](CO)[C@@H](O)[C@@H](O)[C@@H]1O. The summed E-state index contributed by atoms with van der Waals surface area (Å²) in [5.74, 6) is 0. The van der Waals surface area contributed by atoms with Crippen LogP contribution in [0.1, 0.15) is 0 Å². The minimum absolute atomic E-state index is 0.266. The molecule has 0 aliphatic carbocycles. The number of nitrogens with one attached hydrogen (secondary N) is 3. The summed E-state index contributed by atoms with van der Waals surface area (Å²) in [5.41, 5.74) is 5.05. The van der Waals surface area contributed by atoms with Crippen LogP contribution in [0.3, 0.4) is 0 Å². The standard InChI is InChI=1S/C8H17N3O5S/c1-9-8(17)11-10-7-6(15)5(14)4(13)3(2-12)16-7/h3-7,10,12-15H,2H2,1H3,(H2,9,11,17)/t3-,4+,5+,6-,7+/m0/s1. The molecule has 0 amide bonds. The Labute approximate surface area is 104 Å². The zero-order chi connectivity index (χ0) is 13.0. The van der Waals surface area contributed by atoms with E-state index in [1.807, 2.05) is 0 Å². The maximum Gasteiger partial charge on any atom is 0.180 e. The van der Waals surface area contributed by atoms with Gasteiger partial charge in [0.15, 0.2) is 11.3 Å². The van der Waals surface area contributed by atoms with E-state index in [0.29, 0.717) is 0 Å². The van der Waals surface area contributed by atoms with Crippen molar-refractivity contribution in [1.82, 2.24) is 16.2 Å². The Balaban J connectivity index is 2.56. The molecular weight excluding hydrogens is 250 g/mol. The summed E-state index contributed by atoms with van der Waals surface area (Å²) in [7, 11) is 1.60. The molecule has 5 atom stereocenters.